The van der Waals surface area contributed by atoms with Gasteiger partial charge in [0.1, 0.15) is 34.7 Å². The number of benzene rings is 2. The topological polar surface area (TPSA) is 76.0 Å². The Bertz CT molecular complexity index is 777. The molecule has 5 heteroatoms. The van der Waals surface area contributed by atoms with Gasteiger partial charge in [0.2, 0.25) is 0 Å². The van der Waals surface area contributed by atoms with Gasteiger partial charge in [0.25, 0.3) is 0 Å². The highest BCUT2D eigenvalue weighted by atomic mass is 16.5. The molecule has 0 unspecified atom stereocenters. The van der Waals surface area contributed by atoms with E-state index >= 15 is 0 Å². The van der Waals surface area contributed by atoms with Gasteiger partial charge in [-0.2, -0.15) is 0 Å². The second-order valence-electron chi connectivity index (χ2n) is 5.66. The lowest BCUT2D eigenvalue weighted by molar-refractivity contribution is 0.0842. The molecule has 2 N–H and O–H groups in total. The third kappa shape index (κ3) is 2.38. The summed E-state index contributed by atoms with van der Waals surface area (Å²) in [5.41, 5.74) is 2.23. The fourth-order valence-corrected chi connectivity index (χ4v) is 3.02. The molecule has 0 aliphatic carbocycles. The number of ketones is 1. The van der Waals surface area contributed by atoms with E-state index in [-0.39, 0.29) is 29.3 Å². The van der Waals surface area contributed by atoms with Crippen molar-refractivity contribution in [2.75, 3.05) is 7.11 Å². The van der Waals surface area contributed by atoms with Crippen LogP contribution in [0.2, 0.25) is 0 Å². The fraction of sp³-hybridized carbons (Fsp3) is 0.278. The minimum Gasteiger partial charge on any atom is -0.508 e. The molecular weight excluding hydrogens is 296 g/mol. The average Bonchev–Trinajstić information content (AvgIpc) is 2.53. The number of Topliss-reactive ketones (excluding diaryl/α,β-unsaturated/α-hetero) is 1. The summed E-state index contributed by atoms with van der Waals surface area (Å²) in [6, 6.07) is 6.55. The molecule has 1 atom stereocenters. The highest BCUT2D eigenvalue weighted by Gasteiger charge is 2.34. The Hall–Kier alpha value is -2.69. The predicted molar refractivity (Wildman–Crippen MR) is 84.6 cm³/mol. The summed E-state index contributed by atoms with van der Waals surface area (Å²) < 4.78 is 11.3. The van der Waals surface area contributed by atoms with E-state index in [0.29, 0.717) is 22.6 Å². The van der Waals surface area contributed by atoms with Gasteiger partial charge in [-0.1, -0.05) is 12.1 Å². The Balaban J connectivity index is 2.10. The molecule has 0 radical (unpaired) electrons. The van der Waals surface area contributed by atoms with Crippen molar-refractivity contribution in [1.29, 1.82) is 0 Å². The molecule has 0 aromatic heterocycles. The Labute approximate surface area is 134 Å². The largest absolute Gasteiger partial charge is 0.508 e. The molecule has 1 aliphatic rings. The summed E-state index contributed by atoms with van der Waals surface area (Å²) in [4.78, 5) is 12.5. The number of hydrogen-bond donors (Lipinski definition) is 2. The minimum absolute atomic E-state index is 0.0865. The van der Waals surface area contributed by atoms with Crippen LogP contribution in [0.25, 0.3) is 0 Å². The molecule has 1 aliphatic heterocycles. The Morgan fingerprint density at radius 1 is 1.13 bits per heavy atom. The molecule has 1 heterocycles. The van der Waals surface area contributed by atoms with Crippen LogP contribution in [0.4, 0.5) is 0 Å². The first-order chi connectivity index (χ1) is 10.9. The standard InChI is InChI=1S/C18H18O5/c1-9-16(21)15-13(20)8-14(11-4-6-12(19)7-5-11)23-18(15)10(2)17(9)22-3/h4-7,14,19,21H,8H2,1-3H3/t14-/m1/s1. The smallest absolute Gasteiger partial charge is 0.174 e. The Kier molecular flexibility index (Phi) is 3.64. The molecule has 2 aromatic carbocycles. The normalized spacial score (nSPS) is 16.7. The van der Waals surface area contributed by atoms with Crippen molar-refractivity contribution in [3.8, 4) is 23.0 Å². The number of hydrogen-bond acceptors (Lipinski definition) is 5. The molecule has 0 bridgehead atoms. The van der Waals surface area contributed by atoms with E-state index in [2.05, 4.69) is 0 Å². The highest BCUT2D eigenvalue weighted by Crippen LogP contribution is 2.47. The van der Waals surface area contributed by atoms with E-state index in [1.54, 1.807) is 38.1 Å². The number of phenolic OH excluding ortho intramolecular Hbond substituents is 2. The summed E-state index contributed by atoms with van der Waals surface area (Å²) in [6.45, 7) is 3.51. The first kappa shape index (κ1) is 15.2. The van der Waals surface area contributed by atoms with Crippen molar-refractivity contribution < 1.29 is 24.5 Å². The second-order valence-corrected chi connectivity index (χ2v) is 5.66. The first-order valence-electron chi connectivity index (χ1n) is 7.33. The van der Waals surface area contributed by atoms with Gasteiger partial charge in [0, 0.05) is 11.1 Å². The summed E-state index contributed by atoms with van der Waals surface area (Å²) in [7, 11) is 1.52. The van der Waals surface area contributed by atoms with Crippen LogP contribution in [0.5, 0.6) is 23.0 Å². The Morgan fingerprint density at radius 3 is 2.39 bits per heavy atom. The zero-order valence-electron chi connectivity index (χ0n) is 13.2. The molecule has 0 fully saturated rings. The number of rotatable bonds is 2. The molecule has 2 aromatic rings. The molecule has 23 heavy (non-hydrogen) atoms. The zero-order valence-corrected chi connectivity index (χ0v) is 13.2. The maximum atomic E-state index is 12.5. The SMILES string of the molecule is COc1c(C)c(O)c2c(c1C)O[C@@H](c1ccc(O)cc1)CC2=O. The average molecular weight is 314 g/mol. The van der Waals surface area contributed by atoms with Crippen LogP contribution < -0.4 is 9.47 Å². The highest BCUT2D eigenvalue weighted by molar-refractivity contribution is 6.03. The number of phenols is 2. The summed E-state index contributed by atoms with van der Waals surface area (Å²) in [5.74, 6) is 0.773. The van der Waals surface area contributed by atoms with Crippen LogP contribution in [0.3, 0.4) is 0 Å². The third-order valence-corrected chi connectivity index (χ3v) is 4.22. The van der Waals surface area contributed by atoms with Gasteiger partial charge in [-0.15, -0.1) is 0 Å². The fourth-order valence-electron chi connectivity index (χ4n) is 3.02. The summed E-state index contributed by atoms with van der Waals surface area (Å²) >= 11 is 0. The lowest BCUT2D eigenvalue weighted by atomic mass is 9.91. The van der Waals surface area contributed by atoms with Crippen LogP contribution in [-0.2, 0) is 0 Å². The summed E-state index contributed by atoms with van der Waals surface area (Å²) in [5, 5.41) is 19.7. The molecule has 5 nitrogen and oxygen atoms in total. The molecule has 0 saturated heterocycles. The molecular formula is C18H18O5. The Morgan fingerprint density at radius 2 is 1.78 bits per heavy atom. The van der Waals surface area contributed by atoms with Gasteiger partial charge in [0.05, 0.1) is 13.5 Å². The van der Waals surface area contributed by atoms with Crippen molar-refractivity contribution in [3.63, 3.8) is 0 Å². The molecule has 0 spiro atoms. The van der Waals surface area contributed by atoms with E-state index in [1.807, 2.05) is 0 Å². The van der Waals surface area contributed by atoms with Gasteiger partial charge in [-0.05, 0) is 31.5 Å². The number of carbonyl (C=O) groups excluding carboxylic acids is 1. The van der Waals surface area contributed by atoms with E-state index in [0.717, 1.165) is 5.56 Å². The minimum atomic E-state index is -0.457. The monoisotopic (exact) mass is 314 g/mol. The van der Waals surface area contributed by atoms with E-state index in [4.69, 9.17) is 9.47 Å². The van der Waals surface area contributed by atoms with Crippen molar-refractivity contribution in [2.45, 2.75) is 26.4 Å². The number of ether oxygens (including phenoxy) is 2. The van der Waals surface area contributed by atoms with Gasteiger partial charge in [-0.25, -0.2) is 0 Å². The van der Waals surface area contributed by atoms with Crippen LogP contribution in [0.15, 0.2) is 24.3 Å². The van der Waals surface area contributed by atoms with Crippen molar-refractivity contribution in [3.05, 3.63) is 46.5 Å². The number of fused-ring (bicyclic) bond motifs is 1. The third-order valence-electron chi connectivity index (χ3n) is 4.22. The van der Waals surface area contributed by atoms with Crippen molar-refractivity contribution in [2.24, 2.45) is 0 Å². The van der Waals surface area contributed by atoms with Gasteiger partial charge < -0.3 is 19.7 Å². The predicted octanol–water partition coefficient (Wildman–Crippen LogP) is 3.43. The van der Waals surface area contributed by atoms with Crippen LogP contribution in [0, 0.1) is 13.8 Å². The number of carbonyl (C=O) groups is 1. The second kappa shape index (κ2) is 5.50. The van der Waals surface area contributed by atoms with Crippen LogP contribution >= 0.6 is 0 Å². The van der Waals surface area contributed by atoms with E-state index < -0.39 is 6.10 Å². The molecule has 0 amide bonds. The molecule has 0 saturated carbocycles. The number of aromatic hydroxyl groups is 2. The zero-order chi connectivity index (χ0) is 16.7. The van der Waals surface area contributed by atoms with Gasteiger partial charge in [-0.3, -0.25) is 4.79 Å². The van der Waals surface area contributed by atoms with Crippen molar-refractivity contribution in [1.82, 2.24) is 0 Å². The summed E-state index contributed by atoms with van der Waals surface area (Å²) in [6.07, 6.45) is -0.322. The van der Waals surface area contributed by atoms with Crippen LogP contribution in [-0.4, -0.2) is 23.1 Å². The van der Waals surface area contributed by atoms with Gasteiger partial charge >= 0.3 is 0 Å². The number of methoxy groups -OCH3 is 1. The van der Waals surface area contributed by atoms with E-state index in [9.17, 15) is 15.0 Å². The maximum Gasteiger partial charge on any atom is 0.174 e. The first-order valence-corrected chi connectivity index (χ1v) is 7.33. The quantitative estimate of drug-likeness (QED) is 0.888. The molecule has 120 valence electrons. The van der Waals surface area contributed by atoms with Crippen LogP contribution in [0.1, 0.15) is 39.6 Å². The lowest BCUT2D eigenvalue weighted by Crippen LogP contribution is -2.22. The van der Waals surface area contributed by atoms with E-state index in [1.165, 1.54) is 7.11 Å². The lowest BCUT2D eigenvalue weighted by Gasteiger charge is -2.29. The van der Waals surface area contributed by atoms with Crippen molar-refractivity contribution >= 4 is 5.78 Å². The van der Waals surface area contributed by atoms with Gasteiger partial charge in [0.15, 0.2) is 5.78 Å². The molecule has 3 rings (SSSR count). The maximum absolute atomic E-state index is 12.5.